The van der Waals surface area contributed by atoms with E-state index in [9.17, 15) is 4.79 Å². The first-order chi connectivity index (χ1) is 12.2. The second-order valence-corrected chi connectivity index (χ2v) is 8.20. The summed E-state index contributed by atoms with van der Waals surface area (Å²) in [6.07, 6.45) is 0.529. The first kappa shape index (κ1) is 24.2. The fourth-order valence-corrected chi connectivity index (χ4v) is 4.39. The van der Waals surface area contributed by atoms with Gasteiger partial charge in [-0.1, -0.05) is 12.1 Å². The molecule has 0 radical (unpaired) electrons. The fraction of sp³-hybridized carbons (Fsp3) is 0.444. The highest BCUT2D eigenvalue weighted by Crippen LogP contribution is 2.15. The number of nitrogens with zero attached hydrogens (tertiary/aromatic N) is 2. The maximum absolute atomic E-state index is 12.2. The quantitative estimate of drug-likeness (QED) is 0.676. The Morgan fingerprint density at radius 2 is 2.22 bits per heavy atom. The van der Waals surface area contributed by atoms with Gasteiger partial charge in [-0.2, -0.15) is 11.8 Å². The second kappa shape index (κ2) is 12.6. The number of hydrogen-bond acceptors (Lipinski definition) is 6. The number of benzene rings is 1. The number of rotatable bonds is 7. The molecule has 1 aliphatic heterocycles. The van der Waals surface area contributed by atoms with Crippen LogP contribution in [0.1, 0.15) is 17.7 Å². The molecule has 0 bridgehead atoms. The minimum atomic E-state index is 0. The van der Waals surface area contributed by atoms with E-state index in [1.807, 2.05) is 29.4 Å². The monoisotopic (exact) mass is 448 g/mol. The van der Waals surface area contributed by atoms with Crippen molar-refractivity contribution in [3.63, 3.8) is 0 Å². The van der Waals surface area contributed by atoms with E-state index in [0.717, 1.165) is 42.5 Å². The third-order valence-corrected chi connectivity index (χ3v) is 5.78. The van der Waals surface area contributed by atoms with Gasteiger partial charge in [0, 0.05) is 54.7 Å². The number of carbonyl (C=O) groups excluding carboxylic acids is 1. The molecule has 1 aromatic heterocycles. The van der Waals surface area contributed by atoms with E-state index in [1.165, 1.54) is 5.56 Å². The average Bonchev–Trinajstić information content (AvgIpc) is 3.08. The highest BCUT2D eigenvalue weighted by Gasteiger charge is 2.16. The van der Waals surface area contributed by atoms with Crippen LogP contribution in [0.4, 0.5) is 5.69 Å². The molecule has 2 heterocycles. The number of thioether (sulfide) groups is 1. The lowest BCUT2D eigenvalue weighted by Crippen LogP contribution is -2.39. The Kier molecular flexibility index (Phi) is 11.3. The van der Waals surface area contributed by atoms with Crippen molar-refractivity contribution in [1.82, 2.24) is 15.2 Å². The van der Waals surface area contributed by atoms with E-state index in [2.05, 4.69) is 45.1 Å². The first-order valence-electron chi connectivity index (χ1n) is 8.44. The normalized spacial score (nSPS) is 16.3. The highest BCUT2D eigenvalue weighted by atomic mass is 35.5. The maximum atomic E-state index is 12.2. The minimum absolute atomic E-state index is 0. The second-order valence-electron chi connectivity index (χ2n) is 6.33. The molecule has 1 fully saturated rings. The van der Waals surface area contributed by atoms with Gasteiger partial charge in [0.25, 0.3) is 0 Å². The zero-order chi connectivity index (χ0) is 17.5. The lowest BCUT2D eigenvalue weighted by molar-refractivity contribution is -0.116. The third kappa shape index (κ3) is 8.37. The molecule has 5 nitrogen and oxygen atoms in total. The third-order valence-electron chi connectivity index (χ3n) is 4.01. The summed E-state index contributed by atoms with van der Waals surface area (Å²) in [4.78, 5) is 18.8. The SMILES string of the molecule is CN(Cc1cccc(NC(=O)CC2CSCCN2)c1)Cc1cscn1.Cl.Cl. The van der Waals surface area contributed by atoms with Crippen molar-refractivity contribution in [3.05, 3.63) is 46.4 Å². The van der Waals surface area contributed by atoms with Gasteiger partial charge >= 0.3 is 0 Å². The predicted molar refractivity (Wildman–Crippen MR) is 121 cm³/mol. The highest BCUT2D eigenvalue weighted by molar-refractivity contribution is 7.99. The van der Waals surface area contributed by atoms with E-state index in [0.29, 0.717) is 6.42 Å². The Morgan fingerprint density at radius 1 is 1.37 bits per heavy atom. The Morgan fingerprint density at radius 3 is 2.93 bits per heavy atom. The van der Waals surface area contributed by atoms with Crippen molar-refractivity contribution in [2.24, 2.45) is 0 Å². The van der Waals surface area contributed by atoms with Crippen molar-refractivity contribution in [1.29, 1.82) is 0 Å². The molecule has 0 aliphatic carbocycles. The molecule has 150 valence electrons. The molecule has 27 heavy (non-hydrogen) atoms. The molecular weight excluding hydrogens is 423 g/mol. The van der Waals surface area contributed by atoms with Gasteiger partial charge in [0.1, 0.15) is 0 Å². The Labute approximate surface area is 181 Å². The van der Waals surface area contributed by atoms with Crippen LogP contribution in [0, 0.1) is 0 Å². The smallest absolute Gasteiger partial charge is 0.225 e. The molecule has 3 rings (SSSR count). The number of aromatic nitrogens is 1. The number of amides is 1. The van der Waals surface area contributed by atoms with E-state index in [4.69, 9.17) is 0 Å². The fourth-order valence-electron chi connectivity index (χ4n) is 2.89. The van der Waals surface area contributed by atoms with Gasteiger partial charge in [-0.05, 0) is 24.7 Å². The maximum Gasteiger partial charge on any atom is 0.225 e. The molecule has 1 atom stereocenters. The summed E-state index contributed by atoms with van der Waals surface area (Å²) in [5.74, 6) is 2.22. The van der Waals surface area contributed by atoms with Crippen LogP contribution in [0.15, 0.2) is 35.2 Å². The van der Waals surface area contributed by atoms with Crippen molar-refractivity contribution in [3.8, 4) is 0 Å². The standard InChI is InChI=1S/C18H24N4OS2.2ClH/c1-22(10-17-12-25-13-20-17)9-14-3-2-4-15(7-14)21-18(23)8-16-11-24-6-5-19-16;;/h2-4,7,12-13,16,19H,5-6,8-11H2,1H3,(H,21,23);2*1H. The number of thiazole rings is 1. The first-order valence-corrected chi connectivity index (χ1v) is 10.5. The van der Waals surface area contributed by atoms with Gasteiger partial charge in [0.05, 0.1) is 11.2 Å². The number of hydrogen-bond donors (Lipinski definition) is 2. The molecule has 1 unspecified atom stereocenters. The summed E-state index contributed by atoms with van der Waals surface area (Å²) < 4.78 is 0. The number of anilines is 1. The molecule has 1 aromatic carbocycles. The molecule has 2 aromatic rings. The Balaban J connectivity index is 0.00000182. The molecule has 1 aliphatic rings. The summed E-state index contributed by atoms with van der Waals surface area (Å²) in [5, 5.41) is 8.51. The molecule has 0 spiro atoms. The van der Waals surface area contributed by atoms with Gasteiger partial charge < -0.3 is 10.6 Å². The number of carbonyl (C=O) groups is 1. The minimum Gasteiger partial charge on any atom is -0.326 e. The molecule has 1 amide bonds. The van der Waals surface area contributed by atoms with Crippen LogP contribution in [0.2, 0.25) is 0 Å². The van der Waals surface area contributed by atoms with E-state index in [1.54, 1.807) is 11.3 Å². The lowest BCUT2D eigenvalue weighted by Gasteiger charge is -2.22. The van der Waals surface area contributed by atoms with Crippen LogP contribution in [0.5, 0.6) is 0 Å². The summed E-state index contributed by atoms with van der Waals surface area (Å²) in [5.41, 5.74) is 5.00. The van der Waals surface area contributed by atoms with E-state index < -0.39 is 0 Å². The summed E-state index contributed by atoms with van der Waals surface area (Å²) in [6.45, 7) is 2.64. The molecule has 2 N–H and O–H groups in total. The topological polar surface area (TPSA) is 57.3 Å². The zero-order valence-electron chi connectivity index (χ0n) is 15.2. The van der Waals surface area contributed by atoms with Gasteiger partial charge in [0.15, 0.2) is 0 Å². The van der Waals surface area contributed by atoms with Gasteiger partial charge in [-0.15, -0.1) is 36.2 Å². The van der Waals surface area contributed by atoms with Crippen LogP contribution in [0.25, 0.3) is 0 Å². The number of nitrogens with one attached hydrogen (secondary N) is 2. The largest absolute Gasteiger partial charge is 0.326 e. The van der Waals surface area contributed by atoms with Crippen molar-refractivity contribution in [2.45, 2.75) is 25.6 Å². The van der Waals surface area contributed by atoms with Gasteiger partial charge in [-0.25, -0.2) is 4.98 Å². The van der Waals surface area contributed by atoms with Crippen LogP contribution in [-0.4, -0.2) is 46.9 Å². The van der Waals surface area contributed by atoms with Gasteiger partial charge in [0.2, 0.25) is 5.91 Å². The number of halogens is 2. The Bertz CT molecular complexity index is 682. The summed E-state index contributed by atoms with van der Waals surface area (Å²) in [6, 6.07) is 8.37. The molecule has 9 heteroatoms. The molecular formula is C18H26Cl2N4OS2. The van der Waals surface area contributed by atoms with Gasteiger partial charge in [-0.3, -0.25) is 9.69 Å². The van der Waals surface area contributed by atoms with Crippen LogP contribution in [-0.2, 0) is 17.9 Å². The van der Waals surface area contributed by atoms with Crippen molar-refractivity contribution in [2.75, 3.05) is 30.4 Å². The summed E-state index contributed by atoms with van der Waals surface area (Å²) in [7, 11) is 2.08. The average molecular weight is 449 g/mol. The zero-order valence-corrected chi connectivity index (χ0v) is 18.5. The Hall–Kier alpha value is -0.830. The van der Waals surface area contributed by atoms with Crippen molar-refractivity contribution >= 4 is 59.5 Å². The van der Waals surface area contributed by atoms with Crippen LogP contribution >= 0.6 is 47.9 Å². The van der Waals surface area contributed by atoms with Crippen LogP contribution < -0.4 is 10.6 Å². The summed E-state index contributed by atoms with van der Waals surface area (Å²) >= 11 is 3.53. The van der Waals surface area contributed by atoms with E-state index >= 15 is 0 Å². The lowest BCUT2D eigenvalue weighted by atomic mass is 10.1. The molecule has 0 saturated carbocycles. The van der Waals surface area contributed by atoms with Crippen molar-refractivity contribution < 1.29 is 4.79 Å². The van der Waals surface area contributed by atoms with Crippen LogP contribution in [0.3, 0.4) is 0 Å². The molecule has 1 saturated heterocycles. The van der Waals surface area contributed by atoms with E-state index in [-0.39, 0.29) is 36.8 Å². The predicted octanol–water partition coefficient (Wildman–Crippen LogP) is 3.65.